The van der Waals surface area contributed by atoms with Gasteiger partial charge in [-0.2, -0.15) is 11.8 Å². The van der Waals surface area contributed by atoms with E-state index in [0.717, 1.165) is 19.4 Å². The molecule has 0 bridgehead atoms. The van der Waals surface area contributed by atoms with Crippen molar-refractivity contribution in [2.24, 2.45) is 0 Å². The Morgan fingerprint density at radius 1 is 1.32 bits per heavy atom. The maximum absolute atomic E-state index is 11.8. The first-order valence-corrected chi connectivity index (χ1v) is 8.89. The van der Waals surface area contributed by atoms with Crippen LogP contribution in [0.5, 0.6) is 0 Å². The first kappa shape index (κ1) is 16.8. The zero-order chi connectivity index (χ0) is 14.1. The van der Waals surface area contributed by atoms with Gasteiger partial charge in [-0.05, 0) is 32.4 Å². The minimum Gasteiger partial charge on any atom is -0.353 e. The molecule has 0 aromatic carbocycles. The minimum absolute atomic E-state index is 0.132. The van der Waals surface area contributed by atoms with Crippen molar-refractivity contribution in [3.8, 4) is 0 Å². The molecule has 1 saturated carbocycles. The third kappa shape index (κ3) is 6.17. The summed E-state index contributed by atoms with van der Waals surface area (Å²) in [6.07, 6.45) is 11.0. The molecule has 0 radical (unpaired) electrons. The highest BCUT2D eigenvalue weighted by Gasteiger charge is 2.30. The molecule has 2 N–H and O–H groups in total. The molecule has 1 rings (SSSR count). The molecule has 0 aromatic rings. The van der Waals surface area contributed by atoms with Gasteiger partial charge in [-0.1, -0.05) is 32.6 Å². The van der Waals surface area contributed by atoms with Gasteiger partial charge in [0, 0.05) is 17.3 Å². The van der Waals surface area contributed by atoms with E-state index >= 15 is 0 Å². The molecule has 0 aliphatic heterocycles. The molecule has 1 unspecified atom stereocenters. The zero-order valence-electron chi connectivity index (χ0n) is 12.8. The van der Waals surface area contributed by atoms with Gasteiger partial charge >= 0.3 is 0 Å². The summed E-state index contributed by atoms with van der Waals surface area (Å²) in [4.78, 5) is 11.8. The number of carbonyl (C=O) groups excluding carboxylic acids is 1. The highest BCUT2D eigenvalue weighted by atomic mass is 32.2. The number of thioether (sulfide) groups is 1. The second-order valence-corrected chi connectivity index (χ2v) is 7.08. The van der Waals surface area contributed by atoms with Crippen molar-refractivity contribution in [1.29, 1.82) is 0 Å². The number of rotatable bonds is 8. The molecular formula is C15H30N2OS. The Kier molecular flexibility index (Phi) is 7.84. The van der Waals surface area contributed by atoms with Crippen LogP contribution in [-0.2, 0) is 4.79 Å². The van der Waals surface area contributed by atoms with Crippen LogP contribution < -0.4 is 10.6 Å². The van der Waals surface area contributed by atoms with E-state index in [4.69, 9.17) is 0 Å². The van der Waals surface area contributed by atoms with E-state index in [0.29, 0.717) is 17.3 Å². The van der Waals surface area contributed by atoms with E-state index in [1.54, 1.807) is 0 Å². The molecule has 1 aliphatic carbocycles. The predicted molar refractivity (Wildman–Crippen MR) is 84.7 cm³/mol. The summed E-state index contributed by atoms with van der Waals surface area (Å²) >= 11 is 1.97. The van der Waals surface area contributed by atoms with Crippen LogP contribution in [0.25, 0.3) is 0 Å². The van der Waals surface area contributed by atoms with Gasteiger partial charge in [-0.25, -0.2) is 0 Å². The van der Waals surface area contributed by atoms with Gasteiger partial charge < -0.3 is 10.6 Å². The summed E-state index contributed by atoms with van der Waals surface area (Å²) in [6.45, 7) is 5.64. The summed E-state index contributed by atoms with van der Waals surface area (Å²) < 4.78 is 0.369. The predicted octanol–water partition coefficient (Wildman–Crippen LogP) is 2.95. The fourth-order valence-corrected chi connectivity index (χ4v) is 3.83. The van der Waals surface area contributed by atoms with E-state index in [2.05, 4.69) is 30.7 Å². The van der Waals surface area contributed by atoms with Crippen molar-refractivity contribution in [3.05, 3.63) is 0 Å². The van der Waals surface area contributed by atoms with Crippen LogP contribution in [0.3, 0.4) is 0 Å². The van der Waals surface area contributed by atoms with Gasteiger partial charge in [0.25, 0.3) is 0 Å². The van der Waals surface area contributed by atoms with Crippen LogP contribution in [0.4, 0.5) is 0 Å². The Bertz CT molecular complexity index is 265. The fourth-order valence-electron chi connectivity index (χ4n) is 2.88. The Morgan fingerprint density at radius 3 is 2.58 bits per heavy atom. The second-order valence-electron chi connectivity index (χ2n) is 5.81. The van der Waals surface area contributed by atoms with Gasteiger partial charge in [0.1, 0.15) is 0 Å². The maximum atomic E-state index is 11.8. The summed E-state index contributed by atoms with van der Waals surface area (Å²) in [5.74, 6) is 0.132. The Hall–Kier alpha value is -0.220. The summed E-state index contributed by atoms with van der Waals surface area (Å²) in [7, 11) is 0. The normalized spacial score (nSPS) is 19.9. The molecule has 0 heterocycles. The molecule has 1 atom stereocenters. The van der Waals surface area contributed by atoms with Crippen molar-refractivity contribution in [2.45, 2.75) is 69.6 Å². The Balaban J connectivity index is 2.22. The van der Waals surface area contributed by atoms with Crippen LogP contribution in [0.15, 0.2) is 0 Å². The lowest BCUT2D eigenvalue weighted by Gasteiger charge is -2.36. The van der Waals surface area contributed by atoms with Gasteiger partial charge in [-0.15, -0.1) is 0 Å². The first-order valence-electron chi connectivity index (χ1n) is 7.67. The SMILES string of the molecule is CCCC(C)NC(=O)CNCC1(SC)CCCCC1. The van der Waals surface area contributed by atoms with Crippen LogP contribution in [-0.4, -0.2) is 36.0 Å². The highest BCUT2D eigenvalue weighted by molar-refractivity contribution is 8.00. The maximum Gasteiger partial charge on any atom is 0.234 e. The molecule has 0 spiro atoms. The van der Waals surface area contributed by atoms with Crippen LogP contribution >= 0.6 is 11.8 Å². The number of hydrogen-bond donors (Lipinski definition) is 2. The van der Waals surface area contributed by atoms with Crippen molar-refractivity contribution in [3.63, 3.8) is 0 Å². The third-order valence-electron chi connectivity index (χ3n) is 4.06. The zero-order valence-corrected chi connectivity index (χ0v) is 13.6. The van der Waals surface area contributed by atoms with Crippen molar-refractivity contribution >= 4 is 17.7 Å². The van der Waals surface area contributed by atoms with E-state index in [9.17, 15) is 4.79 Å². The molecule has 1 fully saturated rings. The topological polar surface area (TPSA) is 41.1 Å². The standard InChI is InChI=1S/C15H30N2OS/c1-4-8-13(2)17-14(18)11-16-12-15(19-3)9-6-5-7-10-15/h13,16H,4-12H2,1-3H3,(H,17,18). The number of carbonyl (C=O) groups is 1. The highest BCUT2D eigenvalue weighted by Crippen LogP contribution is 2.37. The summed E-state index contributed by atoms with van der Waals surface area (Å²) in [5.41, 5.74) is 0. The molecule has 0 saturated heterocycles. The average Bonchev–Trinajstić information content (AvgIpc) is 2.40. The lowest BCUT2D eigenvalue weighted by atomic mass is 9.88. The monoisotopic (exact) mass is 286 g/mol. The molecule has 4 heteroatoms. The summed E-state index contributed by atoms with van der Waals surface area (Å²) in [6, 6.07) is 0.295. The van der Waals surface area contributed by atoms with Gasteiger partial charge in [0.15, 0.2) is 0 Å². The number of hydrogen-bond acceptors (Lipinski definition) is 3. The molecule has 1 amide bonds. The molecule has 1 aliphatic rings. The van der Waals surface area contributed by atoms with Crippen molar-refractivity contribution < 1.29 is 4.79 Å². The minimum atomic E-state index is 0.132. The third-order valence-corrected chi connectivity index (χ3v) is 5.48. The second kappa shape index (κ2) is 8.85. The van der Waals surface area contributed by atoms with E-state index < -0.39 is 0 Å². The molecular weight excluding hydrogens is 256 g/mol. The molecule has 3 nitrogen and oxygen atoms in total. The number of amides is 1. The molecule has 19 heavy (non-hydrogen) atoms. The van der Waals surface area contributed by atoms with Gasteiger partial charge in [0.2, 0.25) is 5.91 Å². The quantitative estimate of drug-likeness (QED) is 0.721. The largest absolute Gasteiger partial charge is 0.353 e. The number of nitrogens with one attached hydrogen (secondary N) is 2. The van der Waals surface area contributed by atoms with Crippen molar-refractivity contribution in [2.75, 3.05) is 19.3 Å². The van der Waals surface area contributed by atoms with Crippen LogP contribution in [0.2, 0.25) is 0 Å². The van der Waals surface area contributed by atoms with Crippen LogP contribution in [0, 0.1) is 0 Å². The van der Waals surface area contributed by atoms with E-state index in [-0.39, 0.29) is 5.91 Å². The summed E-state index contributed by atoms with van der Waals surface area (Å²) in [5, 5.41) is 6.40. The smallest absolute Gasteiger partial charge is 0.234 e. The molecule has 112 valence electrons. The Labute approximate surface area is 122 Å². The van der Waals surface area contributed by atoms with Crippen LogP contribution in [0.1, 0.15) is 58.8 Å². The van der Waals surface area contributed by atoms with Crippen molar-refractivity contribution in [1.82, 2.24) is 10.6 Å². The lowest BCUT2D eigenvalue weighted by Crippen LogP contribution is -2.44. The fraction of sp³-hybridized carbons (Fsp3) is 0.933. The first-order chi connectivity index (χ1) is 9.12. The molecule has 0 aromatic heterocycles. The van der Waals surface area contributed by atoms with Gasteiger partial charge in [-0.3, -0.25) is 4.79 Å². The van der Waals surface area contributed by atoms with Gasteiger partial charge in [0.05, 0.1) is 6.54 Å². The Morgan fingerprint density at radius 2 is 2.00 bits per heavy atom. The average molecular weight is 286 g/mol. The van der Waals surface area contributed by atoms with E-state index in [1.807, 2.05) is 11.8 Å². The van der Waals surface area contributed by atoms with E-state index in [1.165, 1.54) is 32.1 Å². The lowest BCUT2D eigenvalue weighted by molar-refractivity contribution is -0.120.